The van der Waals surface area contributed by atoms with Crippen molar-refractivity contribution in [3.05, 3.63) is 55.5 Å². The second kappa shape index (κ2) is 8.92. The van der Waals surface area contributed by atoms with Crippen LogP contribution >= 0.6 is 22.6 Å². The van der Waals surface area contributed by atoms with Crippen LogP contribution in [0.25, 0.3) is 11.3 Å². The molecule has 1 aromatic heterocycles. The van der Waals surface area contributed by atoms with Gasteiger partial charge >= 0.3 is 5.97 Å². The number of nitrogens with zero attached hydrogens (tertiary/aromatic N) is 4. The van der Waals surface area contributed by atoms with Crippen molar-refractivity contribution in [1.29, 1.82) is 5.26 Å². The number of rotatable bonds is 7. The van der Waals surface area contributed by atoms with Gasteiger partial charge in [0.25, 0.3) is 5.69 Å². The molecule has 10 heteroatoms. The first-order valence-corrected chi connectivity index (χ1v) is 9.18. The van der Waals surface area contributed by atoms with Crippen molar-refractivity contribution in [1.82, 2.24) is 9.78 Å². The minimum atomic E-state index is -0.876. The highest BCUT2D eigenvalue weighted by Crippen LogP contribution is 2.40. The molecule has 0 aliphatic rings. The molecule has 0 aliphatic carbocycles. The molecule has 0 N–H and O–H groups in total. The second-order valence-electron chi connectivity index (χ2n) is 5.94. The van der Waals surface area contributed by atoms with Crippen LogP contribution in [0.5, 0.6) is 0 Å². The Morgan fingerprint density at radius 1 is 1.64 bits per heavy atom. The van der Waals surface area contributed by atoms with E-state index in [1.807, 2.05) is 28.7 Å². The number of nitro benzene ring substituents is 1. The van der Waals surface area contributed by atoms with Crippen molar-refractivity contribution in [2.45, 2.75) is 19.3 Å². The van der Waals surface area contributed by atoms with Crippen molar-refractivity contribution >= 4 is 34.2 Å². The van der Waals surface area contributed by atoms with Crippen LogP contribution < -0.4 is 0 Å². The van der Waals surface area contributed by atoms with Crippen molar-refractivity contribution in [2.24, 2.45) is 7.05 Å². The zero-order valence-electron chi connectivity index (χ0n) is 15.1. The lowest BCUT2D eigenvalue weighted by Crippen LogP contribution is -2.11. The minimum Gasteiger partial charge on any atom is -0.463 e. The number of aryl methyl sites for hydroxylation is 1. The third kappa shape index (κ3) is 4.19. The number of ether oxygens (including phenoxy) is 1. The molecule has 0 spiro atoms. The van der Waals surface area contributed by atoms with E-state index < -0.39 is 28.3 Å². The van der Waals surface area contributed by atoms with Crippen LogP contribution in [0.2, 0.25) is 0 Å². The Kier molecular flexibility index (Phi) is 6.85. The first kappa shape index (κ1) is 21.5. The highest BCUT2D eigenvalue weighted by Gasteiger charge is 2.31. The third-order valence-electron chi connectivity index (χ3n) is 4.19. The highest BCUT2D eigenvalue weighted by molar-refractivity contribution is 14.1. The Labute approximate surface area is 173 Å². The number of esters is 1. The molecular formula is C18H16FIN4O4. The molecule has 0 bridgehead atoms. The van der Waals surface area contributed by atoms with Gasteiger partial charge in [-0.15, -0.1) is 0 Å². The van der Waals surface area contributed by atoms with Gasteiger partial charge in [0.15, 0.2) is 0 Å². The molecule has 1 aromatic carbocycles. The summed E-state index contributed by atoms with van der Waals surface area (Å²) in [7, 11) is 1.59. The monoisotopic (exact) mass is 498 g/mol. The van der Waals surface area contributed by atoms with Gasteiger partial charge in [-0.05, 0) is 34.9 Å². The van der Waals surface area contributed by atoms with Crippen LogP contribution in [-0.2, 0) is 16.6 Å². The molecule has 146 valence electrons. The van der Waals surface area contributed by atoms with Gasteiger partial charge in [0.2, 0.25) is 0 Å². The molecule has 0 saturated carbocycles. The summed E-state index contributed by atoms with van der Waals surface area (Å²) in [6.07, 6.45) is 2.73. The SMILES string of the molecule is C=CC(=O)OCCC(C)c1c([N+](=O)[O-])cc(F)c(-c2c(I)cnn2C)c1C#N. The van der Waals surface area contributed by atoms with Gasteiger partial charge in [0, 0.05) is 13.1 Å². The number of benzene rings is 1. The molecule has 8 nitrogen and oxygen atoms in total. The normalized spacial score (nSPS) is 11.5. The maximum absolute atomic E-state index is 14.8. The summed E-state index contributed by atoms with van der Waals surface area (Å²) < 4.78 is 21.8. The Morgan fingerprint density at radius 2 is 2.32 bits per heavy atom. The van der Waals surface area contributed by atoms with Crippen molar-refractivity contribution < 1.29 is 18.8 Å². The largest absolute Gasteiger partial charge is 0.463 e. The lowest BCUT2D eigenvalue weighted by atomic mass is 9.88. The van der Waals surface area contributed by atoms with E-state index in [4.69, 9.17) is 4.74 Å². The number of aromatic nitrogens is 2. The summed E-state index contributed by atoms with van der Waals surface area (Å²) in [4.78, 5) is 22.0. The quantitative estimate of drug-likeness (QED) is 0.189. The molecule has 1 unspecified atom stereocenters. The lowest BCUT2D eigenvalue weighted by molar-refractivity contribution is -0.385. The van der Waals surface area contributed by atoms with Crippen LogP contribution in [0.15, 0.2) is 24.9 Å². The Hall–Kier alpha value is -2.81. The van der Waals surface area contributed by atoms with Gasteiger partial charge in [0.1, 0.15) is 11.9 Å². The molecule has 0 fully saturated rings. The summed E-state index contributed by atoms with van der Waals surface area (Å²) in [5.74, 6) is -2.04. The third-order valence-corrected chi connectivity index (χ3v) is 4.98. The standard InChI is InChI=1S/C18H16FIN4O4/c1-4-15(25)28-6-5-10(2)16-11(8-21)17(12(19)7-14(16)24(26)27)18-13(20)9-22-23(18)3/h4,7,9-10H,1,5-6H2,2-3H3. The van der Waals surface area contributed by atoms with Crippen LogP contribution in [0.4, 0.5) is 10.1 Å². The number of nitriles is 1. The van der Waals surface area contributed by atoms with Crippen LogP contribution in [0.1, 0.15) is 30.4 Å². The number of nitro groups is 1. The van der Waals surface area contributed by atoms with Crippen molar-refractivity contribution in [2.75, 3.05) is 6.61 Å². The number of hydrogen-bond acceptors (Lipinski definition) is 6. The predicted octanol–water partition coefficient (Wildman–Crippen LogP) is 3.83. The van der Waals surface area contributed by atoms with E-state index >= 15 is 0 Å². The van der Waals surface area contributed by atoms with E-state index in [-0.39, 0.29) is 29.7 Å². The van der Waals surface area contributed by atoms with E-state index in [1.54, 1.807) is 14.0 Å². The van der Waals surface area contributed by atoms with Gasteiger partial charge in [0.05, 0.1) is 49.7 Å². The smallest absolute Gasteiger partial charge is 0.330 e. The summed E-state index contributed by atoms with van der Waals surface area (Å²) in [5, 5.41) is 25.3. The Bertz CT molecular complexity index is 977. The minimum absolute atomic E-state index is 0.0238. The van der Waals surface area contributed by atoms with E-state index in [9.17, 15) is 24.6 Å². The fraction of sp³-hybridized carbons (Fsp3) is 0.278. The number of carbonyl (C=O) groups is 1. The first-order chi connectivity index (χ1) is 13.2. The maximum atomic E-state index is 14.8. The zero-order valence-corrected chi connectivity index (χ0v) is 17.3. The van der Waals surface area contributed by atoms with Gasteiger partial charge < -0.3 is 4.74 Å². The lowest BCUT2D eigenvalue weighted by Gasteiger charge is -2.17. The zero-order chi connectivity index (χ0) is 21.0. The van der Waals surface area contributed by atoms with Gasteiger partial charge in [-0.1, -0.05) is 13.5 Å². The molecular weight excluding hydrogens is 482 g/mol. The number of hydrogen-bond donors (Lipinski definition) is 0. The fourth-order valence-electron chi connectivity index (χ4n) is 2.88. The average Bonchev–Trinajstić information content (AvgIpc) is 2.98. The van der Waals surface area contributed by atoms with Crippen LogP contribution in [0, 0.1) is 30.8 Å². The fourth-order valence-corrected chi connectivity index (χ4v) is 3.62. The van der Waals surface area contributed by atoms with E-state index in [0.29, 0.717) is 9.26 Å². The van der Waals surface area contributed by atoms with Gasteiger partial charge in [-0.3, -0.25) is 14.8 Å². The molecule has 1 heterocycles. The highest BCUT2D eigenvalue weighted by atomic mass is 127. The second-order valence-corrected chi connectivity index (χ2v) is 7.10. The van der Waals surface area contributed by atoms with E-state index in [0.717, 1.165) is 12.1 Å². The molecule has 0 aliphatic heterocycles. The molecule has 28 heavy (non-hydrogen) atoms. The van der Waals surface area contributed by atoms with Crippen LogP contribution in [-0.4, -0.2) is 27.3 Å². The molecule has 0 amide bonds. The Morgan fingerprint density at radius 3 is 2.82 bits per heavy atom. The summed E-state index contributed by atoms with van der Waals surface area (Å²) in [6, 6.07) is 2.74. The number of halogens is 2. The number of carbonyl (C=O) groups excluding carboxylic acids is 1. The maximum Gasteiger partial charge on any atom is 0.330 e. The predicted molar refractivity (Wildman–Crippen MR) is 107 cm³/mol. The molecule has 0 saturated heterocycles. The van der Waals surface area contributed by atoms with Crippen molar-refractivity contribution in [3.63, 3.8) is 0 Å². The van der Waals surface area contributed by atoms with Gasteiger partial charge in [-0.25, -0.2) is 9.18 Å². The molecule has 2 aromatic rings. The summed E-state index contributed by atoms with van der Waals surface area (Å²) >= 11 is 1.96. The summed E-state index contributed by atoms with van der Waals surface area (Å²) in [6.45, 7) is 4.92. The van der Waals surface area contributed by atoms with Crippen molar-refractivity contribution in [3.8, 4) is 17.3 Å². The Balaban J connectivity index is 2.64. The van der Waals surface area contributed by atoms with E-state index in [1.165, 1.54) is 10.9 Å². The average molecular weight is 498 g/mol. The first-order valence-electron chi connectivity index (χ1n) is 8.10. The summed E-state index contributed by atoms with van der Waals surface area (Å²) in [5.41, 5.74) is -0.206. The topological polar surface area (TPSA) is 111 Å². The van der Waals surface area contributed by atoms with Crippen LogP contribution in [0.3, 0.4) is 0 Å². The van der Waals surface area contributed by atoms with Gasteiger partial charge in [-0.2, -0.15) is 10.4 Å². The molecule has 2 rings (SSSR count). The molecule has 1 atom stereocenters. The van der Waals surface area contributed by atoms with E-state index in [2.05, 4.69) is 11.7 Å². The molecule has 0 radical (unpaired) electrons.